The van der Waals surface area contributed by atoms with Gasteiger partial charge in [-0.1, -0.05) is 54.6 Å². The van der Waals surface area contributed by atoms with Crippen LogP contribution < -0.4 is 10.6 Å². The van der Waals surface area contributed by atoms with Crippen molar-refractivity contribution < 1.29 is 4.74 Å². The first-order valence-electron chi connectivity index (χ1n) is 11.6. The van der Waals surface area contributed by atoms with Crippen LogP contribution in [0.15, 0.2) is 59.6 Å². The van der Waals surface area contributed by atoms with Crippen LogP contribution >= 0.6 is 24.0 Å². The maximum absolute atomic E-state index is 5.97. The van der Waals surface area contributed by atoms with Crippen LogP contribution in [0.2, 0.25) is 0 Å². The van der Waals surface area contributed by atoms with E-state index in [9.17, 15) is 0 Å². The Morgan fingerprint density at radius 1 is 1.00 bits per heavy atom. The van der Waals surface area contributed by atoms with Crippen LogP contribution in [-0.4, -0.2) is 42.6 Å². The second-order valence-corrected chi connectivity index (χ2v) is 8.49. The first kappa shape index (κ1) is 26.6. The van der Waals surface area contributed by atoms with E-state index in [1.165, 1.54) is 16.7 Å². The van der Waals surface area contributed by atoms with Crippen LogP contribution in [0.1, 0.15) is 50.3 Å². The van der Waals surface area contributed by atoms with Gasteiger partial charge in [-0.05, 0) is 50.3 Å². The van der Waals surface area contributed by atoms with Gasteiger partial charge < -0.3 is 20.3 Å². The second-order valence-electron chi connectivity index (χ2n) is 8.49. The highest BCUT2D eigenvalue weighted by molar-refractivity contribution is 14.0. The summed E-state index contributed by atoms with van der Waals surface area (Å²) in [6.45, 7) is 11.7. The Hall–Kier alpha value is -1.64. The molecule has 1 aliphatic rings. The number of piperidine rings is 1. The summed E-state index contributed by atoms with van der Waals surface area (Å²) >= 11 is 0. The SMILES string of the molecule is CCNC(=NCc1ccccc1COCc1ccccc1)NC1CCN(C(C)C)CC1.I. The fourth-order valence-electron chi connectivity index (χ4n) is 3.94. The van der Waals surface area contributed by atoms with Gasteiger partial charge in [-0.2, -0.15) is 0 Å². The zero-order valence-corrected chi connectivity index (χ0v) is 22.0. The van der Waals surface area contributed by atoms with E-state index in [-0.39, 0.29) is 24.0 Å². The molecule has 3 rings (SSSR count). The monoisotopic (exact) mass is 550 g/mol. The summed E-state index contributed by atoms with van der Waals surface area (Å²) < 4.78 is 5.97. The third-order valence-corrected chi connectivity index (χ3v) is 5.84. The molecule has 1 saturated heterocycles. The molecule has 6 heteroatoms. The van der Waals surface area contributed by atoms with Crippen LogP contribution in [0.4, 0.5) is 0 Å². The Morgan fingerprint density at radius 3 is 2.31 bits per heavy atom. The van der Waals surface area contributed by atoms with Gasteiger partial charge in [0.05, 0.1) is 19.8 Å². The van der Waals surface area contributed by atoms with Crippen LogP contribution in [-0.2, 0) is 24.5 Å². The van der Waals surface area contributed by atoms with Gasteiger partial charge in [-0.15, -0.1) is 24.0 Å². The minimum atomic E-state index is 0. The molecule has 0 radical (unpaired) electrons. The van der Waals surface area contributed by atoms with Crippen molar-refractivity contribution in [3.8, 4) is 0 Å². The van der Waals surface area contributed by atoms with Gasteiger partial charge >= 0.3 is 0 Å². The van der Waals surface area contributed by atoms with Crippen LogP contribution in [0, 0.1) is 0 Å². The first-order valence-corrected chi connectivity index (χ1v) is 11.6. The first-order chi connectivity index (χ1) is 15.2. The normalized spacial score (nSPS) is 15.4. The van der Waals surface area contributed by atoms with E-state index in [4.69, 9.17) is 9.73 Å². The quantitative estimate of drug-likeness (QED) is 0.264. The minimum Gasteiger partial charge on any atom is -0.372 e. The van der Waals surface area contributed by atoms with Crippen molar-refractivity contribution >= 4 is 29.9 Å². The highest BCUT2D eigenvalue weighted by atomic mass is 127. The molecule has 0 spiro atoms. The van der Waals surface area contributed by atoms with Crippen LogP contribution in [0.25, 0.3) is 0 Å². The fraction of sp³-hybridized carbons (Fsp3) is 0.500. The lowest BCUT2D eigenvalue weighted by molar-refractivity contribution is 0.106. The van der Waals surface area contributed by atoms with Gasteiger partial charge in [-0.3, -0.25) is 0 Å². The van der Waals surface area contributed by atoms with Crippen molar-refractivity contribution in [1.82, 2.24) is 15.5 Å². The summed E-state index contributed by atoms with van der Waals surface area (Å²) in [7, 11) is 0. The number of hydrogen-bond donors (Lipinski definition) is 2. The molecule has 0 aromatic heterocycles. The summed E-state index contributed by atoms with van der Waals surface area (Å²) in [6, 6.07) is 19.8. The summed E-state index contributed by atoms with van der Waals surface area (Å²) in [5.41, 5.74) is 3.60. The van der Waals surface area contributed by atoms with Gasteiger partial charge in [0, 0.05) is 31.7 Å². The summed E-state index contributed by atoms with van der Waals surface area (Å²) in [4.78, 5) is 7.43. The minimum absolute atomic E-state index is 0. The van der Waals surface area contributed by atoms with Crippen molar-refractivity contribution in [3.05, 3.63) is 71.3 Å². The van der Waals surface area contributed by atoms with Crippen molar-refractivity contribution in [2.75, 3.05) is 19.6 Å². The number of ether oxygens (including phenoxy) is 1. The van der Waals surface area contributed by atoms with Crippen LogP contribution in [0.5, 0.6) is 0 Å². The molecule has 0 atom stereocenters. The molecule has 1 heterocycles. The van der Waals surface area contributed by atoms with Crippen molar-refractivity contribution in [1.29, 1.82) is 0 Å². The molecular weight excluding hydrogens is 511 g/mol. The summed E-state index contributed by atoms with van der Waals surface area (Å²) in [6.07, 6.45) is 2.32. The number of benzene rings is 2. The fourth-order valence-corrected chi connectivity index (χ4v) is 3.94. The molecule has 5 nitrogen and oxygen atoms in total. The zero-order valence-electron chi connectivity index (χ0n) is 19.7. The molecule has 0 saturated carbocycles. The Kier molecular flexibility index (Phi) is 12.1. The van der Waals surface area contributed by atoms with E-state index in [0.29, 0.717) is 31.8 Å². The molecule has 1 aliphatic heterocycles. The average molecular weight is 551 g/mol. The van der Waals surface area contributed by atoms with Gasteiger partial charge in [0.15, 0.2) is 5.96 Å². The molecule has 0 amide bonds. The molecule has 0 unspecified atom stereocenters. The molecule has 32 heavy (non-hydrogen) atoms. The van der Waals surface area contributed by atoms with E-state index in [1.54, 1.807) is 0 Å². The predicted molar refractivity (Wildman–Crippen MR) is 144 cm³/mol. The van der Waals surface area contributed by atoms with Gasteiger partial charge in [0.25, 0.3) is 0 Å². The van der Waals surface area contributed by atoms with E-state index in [0.717, 1.165) is 38.4 Å². The number of hydrogen-bond acceptors (Lipinski definition) is 3. The summed E-state index contributed by atoms with van der Waals surface area (Å²) in [5, 5.41) is 7.06. The van der Waals surface area contributed by atoms with Crippen molar-refractivity contribution in [2.24, 2.45) is 4.99 Å². The molecule has 0 bridgehead atoms. The second kappa shape index (κ2) is 14.5. The zero-order chi connectivity index (χ0) is 21.9. The Morgan fingerprint density at radius 2 is 1.66 bits per heavy atom. The predicted octanol–water partition coefficient (Wildman–Crippen LogP) is 4.95. The van der Waals surface area contributed by atoms with Gasteiger partial charge in [-0.25, -0.2) is 4.99 Å². The van der Waals surface area contributed by atoms with E-state index < -0.39 is 0 Å². The lowest BCUT2D eigenvalue weighted by Crippen LogP contribution is -2.49. The lowest BCUT2D eigenvalue weighted by atomic mass is 10.0. The lowest BCUT2D eigenvalue weighted by Gasteiger charge is -2.35. The molecular formula is C26H39IN4O. The maximum atomic E-state index is 5.97. The Labute approximate surface area is 211 Å². The number of rotatable bonds is 9. The molecule has 176 valence electrons. The molecule has 0 aliphatic carbocycles. The highest BCUT2D eigenvalue weighted by Gasteiger charge is 2.21. The average Bonchev–Trinajstić information content (AvgIpc) is 2.79. The van der Waals surface area contributed by atoms with Crippen LogP contribution in [0.3, 0.4) is 0 Å². The number of guanidine groups is 1. The van der Waals surface area contributed by atoms with Gasteiger partial charge in [0.2, 0.25) is 0 Å². The largest absolute Gasteiger partial charge is 0.372 e. The number of aliphatic imine (C=N–C) groups is 1. The topological polar surface area (TPSA) is 48.9 Å². The molecule has 2 N–H and O–H groups in total. The van der Waals surface area contributed by atoms with Gasteiger partial charge in [0.1, 0.15) is 0 Å². The van der Waals surface area contributed by atoms with E-state index >= 15 is 0 Å². The standard InChI is InChI=1S/C26H38N4O.HI/c1-4-27-26(29-25-14-16-30(17-15-25)21(2)3)28-18-23-12-8-9-13-24(23)20-31-19-22-10-6-5-7-11-22;/h5-13,21,25H,4,14-20H2,1-3H3,(H2,27,28,29);1H. The van der Waals surface area contributed by atoms with Crippen molar-refractivity contribution in [2.45, 2.75) is 65.5 Å². The third-order valence-electron chi connectivity index (χ3n) is 5.84. The molecule has 2 aromatic rings. The molecule has 1 fully saturated rings. The number of halogens is 1. The third kappa shape index (κ3) is 8.71. The maximum Gasteiger partial charge on any atom is 0.191 e. The molecule has 2 aromatic carbocycles. The smallest absolute Gasteiger partial charge is 0.191 e. The number of likely N-dealkylation sites (tertiary alicyclic amines) is 1. The number of nitrogens with zero attached hydrogens (tertiary/aromatic N) is 2. The van der Waals surface area contributed by atoms with E-state index in [2.05, 4.69) is 72.7 Å². The Bertz CT molecular complexity index is 804. The highest BCUT2D eigenvalue weighted by Crippen LogP contribution is 2.15. The van der Waals surface area contributed by atoms with Crippen molar-refractivity contribution in [3.63, 3.8) is 0 Å². The van der Waals surface area contributed by atoms with E-state index in [1.807, 2.05) is 18.2 Å². The Balaban J connectivity index is 0.00000363. The summed E-state index contributed by atoms with van der Waals surface area (Å²) in [5.74, 6) is 0.908. The number of nitrogens with one attached hydrogen (secondary N) is 2.